The molecule has 2 fully saturated rings. The molecule has 1 atom stereocenters. The van der Waals surface area contributed by atoms with Gasteiger partial charge < -0.3 is 19.8 Å². The first-order valence-corrected chi connectivity index (χ1v) is 12.3. The van der Waals surface area contributed by atoms with Crippen molar-refractivity contribution >= 4 is 5.91 Å². The SMILES string of the molecule is Cc1ccc(OC2CNC2)cc1C(=O)NC(C)c1cccc(-c2ccc(CN3CCCC3)o2)c1. The molecule has 0 aliphatic carbocycles. The maximum Gasteiger partial charge on any atom is 0.252 e. The van der Waals surface area contributed by atoms with Gasteiger partial charge in [0.2, 0.25) is 0 Å². The fourth-order valence-electron chi connectivity index (χ4n) is 4.56. The lowest BCUT2D eigenvalue weighted by Crippen LogP contribution is -2.50. The van der Waals surface area contributed by atoms with E-state index in [2.05, 4.69) is 33.7 Å². The maximum atomic E-state index is 13.1. The Kier molecular flexibility index (Phi) is 6.70. The van der Waals surface area contributed by atoms with Crippen LogP contribution in [0.3, 0.4) is 0 Å². The van der Waals surface area contributed by atoms with Crippen molar-refractivity contribution in [3.8, 4) is 17.1 Å². The number of nitrogens with one attached hydrogen (secondary N) is 2. The highest BCUT2D eigenvalue weighted by atomic mass is 16.5. The van der Waals surface area contributed by atoms with Crippen LogP contribution in [0, 0.1) is 6.92 Å². The first-order valence-electron chi connectivity index (χ1n) is 12.3. The van der Waals surface area contributed by atoms with Gasteiger partial charge in [-0.3, -0.25) is 9.69 Å². The van der Waals surface area contributed by atoms with Crippen molar-refractivity contribution in [3.63, 3.8) is 0 Å². The van der Waals surface area contributed by atoms with Crippen LogP contribution in [-0.4, -0.2) is 43.1 Å². The van der Waals surface area contributed by atoms with Crippen molar-refractivity contribution in [2.45, 2.75) is 45.4 Å². The Morgan fingerprint density at radius 2 is 1.97 bits per heavy atom. The lowest BCUT2D eigenvalue weighted by Gasteiger charge is -2.28. The number of furan rings is 1. The van der Waals surface area contributed by atoms with Gasteiger partial charge in [0, 0.05) is 24.2 Å². The number of nitrogens with zero attached hydrogens (tertiary/aromatic N) is 1. The summed E-state index contributed by atoms with van der Waals surface area (Å²) in [6.07, 6.45) is 2.72. The number of carbonyl (C=O) groups excluding carboxylic acids is 1. The van der Waals surface area contributed by atoms with E-state index in [4.69, 9.17) is 9.15 Å². The summed E-state index contributed by atoms with van der Waals surface area (Å²) in [5, 5.41) is 6.34. The van der Waals surface area contributed by atoms with E-state index in [1.54, 1.807) is 0 Å². The van der Waals surface area contributed by atoms with E-state index < -0.39 is 0 Å². The van der Waals surface area contributed by atoms with Crippen LogP contribution in [0.2, 0.25) is 0 Å². The summed E-state index contributed by atoms with van der Waals surface area (Å²) in [5.41, 5.74) is 3.63. The number of amides is 1. The minimum absolute atomic E-state index is 0.0986. The van der Waals surface area contributed by atoms with Gasteiger partial charge >= 0.3 is 0 Å². The molecule has 5 rings (SSSR count). The van der Waals surface area contributed by atoms with Crippen LogP contribution in [0.4, 0.5) is 0 Å². The standard InChI is InChI=1S/C28H33N3O3/c1-19-8-9-23(33-25-16-29-17-25)15-26(19)28(32)30-20(2)21-6-5-7-22(14-21)27-11-10-24(34-27)18-31-12-3-4-13-31/h5-11,14-15,20,25,29H,3-4,12-13,16-18H2,1-2H3,(H,30,32). The van der Waals surface area contributed by atoms with Crippen LogP contribution in [0.25, 0.3) is 11.3 Å². The van der Waals surface area contributed by atoms with Gasteiger partial charge in [0.05, 0.1) is 12.6 Å². The van der Waals surface area contributed by atoms with Crippen LogP contribution in [0.15, 0.2) is 59.0 Å². The summed E-state index contributed by atoms with van der Waals surface area (Å²) in [5.74, 6) is 2.50. The Bertz CT molecular complexity index is 1150. The molecule has 6 nitrogen and oxygen atoms in total. The van der Waals surface area contributed by atoms with E-state index in [-0.39, 0.29) is 18.1 Å². The van der Waals surface area contributed by atoms with E-state index in [1.807, 2.05) is 50.2 Å². The number of carbonyl (C=O) groups is 1. The molecular formula is C28H33N3O3. The zero-order valence-corrected chi connectivity index (χ0v) is 20.0. The van der Waals surface area contributed by atoms with Crippen molar-refractivity contribution in [2.24, 2.45) is 0 Å². The highest BCUT2D eigenvalue weighted by molar-refractivity contribution is 5.96. The quantitative estimate of drug-likeness (QED) is 0.512. The van der Waals surface area contributed by atoms with Crippen molar-refractivity contribution in [3.05, 3.63) is 77.0 Å². The Balaban J connectivity index is 1.26. The smallest absolute Gasteiger partial charge is 0.252 e. The van der Waals surface area contributed by atoms with Gasteiger partial charge in [-0.05, 0) is 81.2 Å². The van der Waals surface area contributed by atoms with Crippen molar-refractivity contribution in [1.82, 2.24) is 15.5 Å². The molecule has 2 aromatic carbocycles. The van der Waals surface area contributed by atoms with Gasteiger partial charge in [-0.25, -0.2) is 0 Å². The van der Waals surface area contributed by atoms with Crippen molar-refractivity contribution < 1.29 is 13.9 Å². The van der Waals surface area contributed by atoms with Gasteiger partial charge in [-0.2, -0.15) is 0 Å². The summed E-state index contributed by atoms with van der Waals surface area (Å²) >= 11 is 0. The number of rotatable bonds is 8. The summed E-state index contributed by atoms with van der Waals surface area (Å²) in [4.78, 5) is 15.5. The fourth-order valence-corrected chi connectivity index (χ4v) is 4.56. The molecule has 3 aromatic rings. The van der Waals surface area contributed by atoms with E-state index in [0.29, 0.717) is 5.56 Å². The molecule has 178 valence electrons. The molecule has 2 saturated heterocycles. The van der Waals surface area contributed by atoms with Gasteiger partial charge in [-0.1, -0.05) is 24.3 Å². The lowest BCUT2D eigenvalue weighted by atomic mass is 10.0. The highest BCUT2D eigenvalue weighted by Crippen LogP contribution is 2.27. The van der Waals surface area contributed by atoms with Gasteiger partial charge in [-0.15, -0.1) is 0 Å². The molecule has 2 N–H and O–H groups in total. The van der Waals surface area contributed by atoms with Crippen LogP contribution in [0.1, 0.15) is 53.1 Å². The third kappa shape index (κ3) is 5.18. The molecule has 0 bridgehead atoms. The summed E-state index contributed by atoms with van der Waals surface area (Å²) < 4.78 is 12.1. The molecule has 2 aliphatic heterocycles. The Morgan fingerprint density at radius 1 is 1.15 bits per heavy atom. The molecule has 3 heterocycles. The Morgan fingerprint density at radius 3 is 2.74 bits per heavy atom. The minimum atomic E-state index is -0.147. The number of hydrogen-bond donors (Lipinski definition) is 2. The van der Waals surface area contributed by atoms with E-state index in [9.17, 15) is 4.79 Å². The maximum absolute atomic E-state index is 13.1. The van der Waals surface area contributed by atoms with Crippen LogP contribution in [-0.2, 0) is 6.54 Å². The second-order valence-corrected chi connectivity index (χ2v) is 9.44. The third-order valence-electron chi connectivity index (χ3n) is 6.76. The summed E-state index contributed by atoms with van der Waals surface area (Å²) in [7, 11) is 0. The molecule has 6 heteroatoms. The number of aryl methyl sites for hydroxylation is 1. The number of likely N-dealkylation sites (tertiary alicyclic amines) is 1. The van der Waals surface area contributed by atoms with Crippen LogP contribution < -0.4 is 15.4 Å². The molecular weight excluding hydrogens is 426 g/mol. The molecule has 1 unspecified atom stereocenters. The second-order valence-electron chi connectivity index (χ2n) is 9.44. The van der Waals surface area contributed by atoms with Gasteiger partial charge in [0.1, 0.15) is 23.4 Å². The second kappa shape index (κ2) is 10.0. The topological polar surface area (TPSA) is 66.7 Å². The normalized spacial score (nSPS) is 17.4. The van der Waals surface area contributed by atoms with Crippen LogP contribution in [0.5, 0.6) is 5.75 Å². The first kappa shape index (κ1) is 22.7. The largest absolute Gasteiger partial charge is 0.488 e. The van der Waals surface area contributed by atoms with E-state index in [0.717, 1.165) is 66.7 Å². The number of benzene rings is 2. The monoisotopic (exact) mass is 459 g/mol. The van der Waals surface area contributed by atoms with Crippen LogP contribution >= 0.6 is 0 Å². The number of hydrogen-bond acceptors (Lipinski definition) is 5. The molecule has 1 amide bonds. The average molecular weight is 460 g/mol. The Labute approximate surface area is 201 Å². The fraction of sp³-hybridized carbons (Fsp3) is 0.393. The average Bonchev–Trinajstić information content (AvgIpc) is 3.50. The van der Waals surface area contributed by atoms with E-state index >= 15 is 0 Å². The molecule has 34 heavy (non-hydrogen) atoms. The first-order chi connectivity index (χ1) is 16.5. The van der Waals surface area contributed by atoms with Crippen molar-refractivity contribution in [2.75, 3.05) is 26.2 Å². The predicted octanol–water partition coefficient (Wildman–Crippen LogP) is 4.69. The minimum Gasteiger partial charge on any atom is -0.488 e. The van der Waals surface area contributed by atoms with Gasteiger partial charge in [0.15, 0.2) is 0 Å². The third-order valence-corrected chi connectivity index (χ3v) is 6.76. The molecule has 0 spiro atoms. The lowest BCUT2D eigenvalue weighted by molar-refractivity contribution is 0.0937. The zero-order chi connectivity index (χ0) is 23.5. The van der Waals surface area contributed by atoms with Crippen molar-refractivity contribution in [1.29, 1.82) is 0 Å². The number of ether oxygens (including phenoxy) is 1. The summed E-state index contributed by atoms with van der Waals surface area (Å²) in [6.45, 7) is 8.81. The molecule has 0 saturated carbocycles. The summed E-state index contributed by atoms with van der Waals surface area (Å²) in [6, 6.07) is 17.9. The Hall–Kier alpha value is -3.09. The zero-order valence-electron chi connectivity index (χ0n) is 20.0. The molecule has 0 radical (unpaired) electrons. The van der Waals surface area contributed by atoms with Gasteiger partial charge in [0.25, 0.3) is 5.91 Å². The van der Waals surface area contributed by atoms with E-state index in [1.165, 1.54) is 12.8 Å². The highest BCUT2D eigenvalue weighted by Gasteiger charge is 2.20. The molecule has 1 aromatic heterocycles. The predicted molar refractivity (Wildman–Crippen MR) is 133 cm³/mol. The molecule has 2 aliphatic rings.